The van der Waals surface area contributed by atoms with Crippen LogP contribution in [0.15, 0.2) is 78.0 Å². The zero-order valence-corrected chi connectivity index (χ0v) is 20.3. The Kier molecular flexibility index (Phi) is 7.14. The quantitative estimate of drug-likeness (QED) is 0.391. The van der Waals surface area contributed by atoms with E-state index in [0.717, 1.165) is 71.2 Å². The van der Waals surface area contributed by atoms with Gasteiger partial charge in [-0.25, -0.2) is 9.97 Å². The van der Waals surface area contributed by atoms with Crippen molar-refractivity contribution in [2.45, 2.75) is 6.61 Å². The molecule has 0 unspecified atom stereocenters. The molecule has 0 aliphatic carbocycles. The van der Waals surface area contributed by atoms with Crippen LogP contribution in [0.25, 0.3) is 22.3 Å². The van der Waals surface area contributed by atoms with Crippen molar-refractivity contribution < 1.29 is 4.74 Å². The van der Waals surface area contributed by atoms with Gasteiger partial charge in [0.15, 0.2) is 5.82 Å². The fraction of sp³-hybridized carbons (Fsp3) is 0.214. The van der Waals surface area contributed by atoms with Gasteiger partial charge in [-0.1, -0.05) is 12.1 Å². The minimum atomic E-state index is 0.326. The highest BCUT2D eigenvalue weighted by atomic mass is 16.5. The SMILES string of the molecule is CN=C/C(=C(\N)c1ccc(OCc2nc3ccccc3nc2N2CCNCC2)cc1)c1ccncc1. The van der Waals surface area contributed by atoms with Crippen LogP contribution in [0.5, 0.6) is 5.75 Å². The average molecular weight is 480 g/mol. The molecule has 5 rings (SSSR count). The molecule has 8 heteroatoms. The highest BCUT2D eigenvalue weighted by Crippen LogP contribution is 2.25. The zero-order valence-electron chi connectivity index (χ0n) is 20.3. The van der Waals surface area contributed by atoms with Gasteiger partial charge in [0.2, 0.25) is 0 Å². The summed E-state index contributed by atoms with van der Waals surface area (Å²) in [7, 11) is 1.73. The molecule has 1 aliphatic heterocycles. The second kappa shape index (κ2) is 11.0. The number of allylic oxidation sites excluding steroid dienone is 1. The van der Waals surface area contributed by atoms with Crippen LogP contribution in [0.4, 0.5) is 5.82 Å². The molecule has 36 heavy (non-hydrogen) atoms. The largest absolute Gasteiger partial charge is 0.487 e. The molecule has 3 N–H and O–H groups in total. The summed E-state index contributed by atoms with van der Waals surface area (Å²) in [5, 5.41) is 3.39. The van der Waals surface area contributed by atoms with Gasteiger partial charge in [-0.3, -0.25) is 9.98 Å². The normalized spacial score (nSPS) is 14.8. The molecule has 3 heterocycles. The summed E-state index contributed by atoms with van der Waals surface area (Å²) >= 11 is 0. The van der Waals surface area contributed by atoms with Gasteiger partial charge in [0, 0.05) is 63.1 Å². The predicted molar refractivity (Wildman–Crippen MR) is 145 cm³/mol. The Morgan fingerprint density at radius 2 is 1.67 bits per heavy atom. The maximum Gasteiger partial charge on any atom is 0.154 e. The molecule has 0 bridgehead atoms. The molecule has 0 spiro atoms. The van der Waals surface area contributed by atoms with Crippen molar-refractivity contribution in [2.75, 3.05) is 38.1 Å². The molecule has 0 amide bonds. The fourth-order valence-electron chi connectivity index (χ4n) is 4.25. The Balaban J connectivity index is 1.38. The molecular weight excluding hydrogens is 450 g/mol. The third-order valence-corrected chi connectivity index (χ3v) is 6.12. The standard InChI is InChI=1S/C28H29N7O/c1-30-18-23(20-10-12-31-13-11-20)27(29)21-6-8-22(9-7-21)36-19-26-28(35-16-14-32-15-17-35)34-25-5-3-2-4-24(25)33-26/h2-13,18,32H,14-17,19,29H2,1H3/b27-23+,30-18?. The highest BCUT2D eigenvalue weighted by molar-refractivity contribution is 6.18. The lowest BCUT2D eigenvalue weighted by Crippen LogP contribution is -2.44. The number of hydrogen-bond donors (Lipinski definition) is 2. The number of fused-ring (bicyclic) bond motifs is 1. The third-order valence-electron chi connectivity index (χ3n) is 6.12. The summed E-state index contributed by atoms with van der Waals surface area (Å²) in [4.78, 5) is 20.4. The average Bonchev–Trinajstić information content (AvgIpc) is 2.95. The van der Waals surface area contributed by atoms with Crippen LogP contribution in [0.2, 0.25) is 0 Å². The smallest absolute Gasteiger partial charge is 0.154 e. The maximum absolute atomic E-state index is 6.53. The molecule has 1 saturated heterocycles. The topological polar surface area (TPSA) is 102 Å². The molecule has 182 valence electrons. The number of rotatable bonds is 7. The van der Waals surface area contributed by atoms with E-state index in [-0.39, 0.29) is 0 Å². The van der Waals surface area contributed by atoms with Crippen molar-refractivity contribution in [3.63, 3.8) is 0 Å². The number of pyridine rings is 1. The van der Waals surface area contributed by atoms with E-state index in [9.17, 15) is 0 Å². The molecule has 1 aliphatic rings. The van der Waals surface area contributed by atoms with Gasteiger partial charge in [0.05, 0.1) is 11.0 Å². The van der Waals surface area contributed by atoms with Crippen molar-refractivity contribution in [3.8, 4) is 5.75 Å². The van der Waals surface area contributed by atoms with Gasteiger partial charge < -0.3 is 20.7 Å². The monoisotopic (exact) mass is 479 g/mol. The number of nitrogens with one attached hydrogen (secondary N) is 1. The van der Waals surface area contributed by atoms with E-state index in [1.807, 2.05) is 60.7 Å². The number of benzene rings is 2. The lowest BCUT2D eigenvalue weighted by Gasteiger charge is -2.29. The van der Waals surface area contributed by atoms with Crippen molar-refractivity contribution >= 4 is 34.3 Å². The molecule has 8 nitrogen and oxygen atoms in total. The first-order valence-electron chi connectivity index (χ1n) is 12.0. The molecule has 2 aromatic heterocycles. The van der Waals surface area contributed by atoms with E-state index < -0.39 is 0 Å². The van der Waals surface area contributed by atoms with Gasteiger partial charge in [-0.05, 0) is 59.7 Å². The van der Waals surface area contributed by atoms with Crippen LogP contribution in [0.3, 0.4) is 0 Å². The number of ether oxygens (including phenoxy) is 1. The lowest BCUT2D eigenvalue weighted by molar-refractivity contribution is 0.301. The van der Waals surface area contributed by atoms with E-state index in [0.29, 0.717) is 12.3 Å². The second-order valence-corrected chi connectivity index (χ2v) is 8.48. The van der Waals surface area contributed by atoms with Crippen LogP contribution in [-0.4, -0.2) is 54.4 Å². The van der Waals surface area contributed by atoms with Gasteiger partial charge in [0.25, 0.3) is 0 Å². The molecule has 0 radical (unpaired) electrons. The summed E-state index contributed by atoms with van der Waals surface area (Å²) < 4.78 is 6.16. The number of aliphatic imine (C=N–C) groups is 1. The minimum Gasteiger partial charge on any atom is -0.487 e. The van der Waals surface area contributed by atoms with E-state index >= 15 is 0 Å². The van der Waals surface area contributed by atoms with Gasteiger partial charge in [-0.15, -0.1) is 0 Å². The van der Waals surface area contributed by atoms with Gasteiger partial charge in [-0.2, -0.15) is 0 Å². The molecule has 1 fully saturated rings. The van der Waals surface area contributed by atoms with Crippen LogP contribution < -0.4 is 20.7 Å². The Hall–Kier alpha value is -4.30. The molecule has 0 saturated carbocycles. The van der Waals surface area contributed by atoms with Crippen molar-refractivity contribution in [3.05, 3.63) is 89.9 Å². The number of anilines is 1. The van der Waals surface area contributed by atoms with Crippen molar-refractivity contribution in [1.82, 2.24) is 20.3 Å². The molecule has 4 aromatic rings. The predicted octanol–water partition coefficient (Wildman–Crippen LogP) is 3.54. The number of hydrogen-bond acceptors (Lipinski definition) is 8. The highest BCUT2D eigenvalue weighted by Gasteiger charge is 2.18. The molecule has 0 atom stereocenters. The first-order chi connectivity index (χ1) is 17.7. The summed E-state index contributed by atoms with van der Waals surface area (Å²) in [6.45, 7) is 3.96. The number of piperazine rings is 1. The Labute approximate surface area is 210 Å². The van der Waals surface area contributed by atoms with E-state index in [2.05, 4.69) is 20.2 Å². The number of nitrogens with two attached hydrogens (primary N) is 1. The first kappa shape index (κ1) is 23.4. The van der Waals surface area contributed by atoms with Crippen molar-refractivity contribution in [2.24, 2.45) is 10.7 Å². The van der Waals surface area contributed by atoms with Crippen LogP contribution in [-0.2, 0) is 6.61 Å². The summed E-state index contributed by atoms with van der Waals surface area (Å²) in [6.07, 6.45) is 5.26. The van der Waals surface area contributed by atoms with Crippen molar-refractivity contribution in [1.29, 1.82) is 0 Å². The number of para-hydroxylation sites is 2. The maximum atomic E-state index is 6.53. The Morgan fingerprint density at radius 1 is 0.972 bits per heavy atom. The van der Waals surface area contributed by atoms with E-state index in [1.165, 1.54) is 0 Å². The van der Waals surface area contributed by atoms with E-state index in [1.54, 1.807) is 25.7 Å². The van der Waals surface area contributed by atoms with E-state index in [4.69, 9.17) is 20.4 Å². The third kappa shape index (κ3) is 5.18. The summed E-state index contributed by atoms with van der Waals surface area (Å²) in [5.41, 5.74) is 12.5. The number of aromatic nitrogens is 3. The molecule has 2 aromatic carbocycles. The molecular formula is C28H29N7O. The van der Waals surface area contributed by atoms with Crippen LogP contribution in [0.1, 0.15) is 16.8 Å². The van der Waals surface area contributed by atoms with Crippen LogP contribution in [0, 0.1) is 0 Å². The van der Waals surface area contributed by atoms with Gasteiger partial charge >= 0.3 is 0 Å². The van der Waals surface area contributed by atoms with Crippen LogP contribution >= 0.6 is 0 Å². The second-order valence-electron chi connectivity index (χ2n) is 8.48. The fourth-order valence-corrected chi connectivity index (χ4v) is 4.25. The minimum absolute atomic E-state index is 0.326. The number of nitrogens with zero attached hydrogens (tertiary/aromatic N) is 5. The summed E-state index contributed by atoms with van der Waals surface area (Å²) in [6, 6.07) is 19.6. The zero-order chi connectivity index (χ0) is 24.7. The summed E-state index contributed by atoms with van der Waals surface area (Å²) in [5.74, 6) is 1.63. The lowest BCUT2D eigenvalue weighted by atomic mass is 10.0. The van der Waals surface area contributed by atoms with Gasteiger partial charge in [0.1, 0.15) is 18.1 Å². The first-order valence-corrected chi connectivity index (χ1v) is 12.0. The Bertz CT molecular complexity index is 1380. The Morgan fingerprint density at radius 3 is 2.36 bits per heavy atom.